The molecule has 0 radical (unpaired) electrons. The van der Waals surface area contributed by atoms with Crippen molar-refractivity contribution in [2.45, 2.75) is 25.4 Å². The van der Waals surface area contributed by atoms with Gasteiger partial charge in [0.15, 0.2) is 11.4 Å². The molecule has 5 nitrogen and oxygen atoms in total. The zero-order chi connectivity index (χ0) is 34.8. The lowest BCUT2D eigenvalue weighted by atomic mass is 9.80. The third-order valence-electron chi connectivity index (χ3n) is 10.6. The normalized spacial score (nSPS) is 15.8. The Labute approximate surface area is 302 Å². The Balaban J connectivity index is 1.18. The van der Waals surface area contributed by atoms with Crippen molar-refractivity contribution < 1.29 is 4.42 Å². The van der Waals surface area contributed by atoms with E-state index in [1.54, 1.807) is 0 Å². The second-order valence-electron chi connectivity index (χ2n) is 14.1. The van der Waals surface area contributed by atoms with Gasteiger partial charge in [0.25, 0.3) is 0 Å². The van der Waals surface area contributed by atoms with Crippen LogP contribution in [0.5, 0.6) is 0 Å². The molecule has 7 aromatic carbocycles. The molecular weight excluding hydrogens is 637 g/mol. The molecule has 1 atom stereocenters. The average Bonchev–Trinajstić information content (AvgIpc) is 3.75. The van der Waals surface area contributed by atoms with E-state index in [9.17, 15) is 0 Å². The first-order valence-electron chi connectivity index (χ1n) is 17.7. The molecule has 1 aromatic heterocycles. The van der Waals surface area contributed by atoms with Crippen LogP contribution in [0.15, 0.2) is 172 Å². The van der Waals surface area contributed by atoms with Gasteiger partial charge >= 0.3 is 0 Å². The van der Waals surface area contributed by atoms with Crippen molar-refractivity contribution in [3.8, 4) is 33.7 Å². The lowest BCUT2D eigenvalue weighted by Gasteiger charge is -2.27. The van der Waals surface area contributed by atoms with Crippen molar-refractivity contribution in [3.63, 3.8) is 0 Å². The van der Waals surface area contributed by atoms with Crippen LogP contribution in [0.25, 0.3) is 55.6 Å². The predicted molar refractivity (Wildman–Crippen MR) is 212 cm³/mol. The maximum atomic E-state index is 6.48. The van der Waals surface area contributed by atoms with Gasteiger partial charge in [0, 0.05) is 33.1 Å². The van der Waals surface area contributed by atoms with Crippen molar-refractivity contribution in [1.82, 2.24) is 10.3 Å². The number of rotatable bonds is 5. The number of aliphatic imine (C=N–C) groups is 2. The van der Waals surface area contributed by atoms with Gasteiger partial charge in [0.1, 0.15) is 17.5 Å². The molecular formula is C47H34N4O. The summed E-state index contributed by atoms with van der Waals surface area (Å²) in [5, 5.41) is 5.91. The first-order chi connectivity index (χ1) is 25.5. The molecule has 1 unspecified atom stereocenters. The summed E-state index contributed by atoms with van der Waals surface area (Å²) < 4.78 is 6.48. The summed E-state index contributed by atoms with van der Waals surface area (Å²) in [6, 6.07) is 55.0. The molecule has 5 heteroatoms. The average molecular weight is 671 g/mol. The van der Waals surface area contributed by atoms with Crippen molar-refractivity contribution in [2.24, 2.45) is 9.98 Å². The van der Waals surface area contributed by atoms with Gasteiger partial charge in [-0.3, -0.25) is 0 Å². The molecule has 2 heterocycles. The van der Waals surface area contributed by atoms with Crippen LogP contribution in [0.1, 0.15) is 47.8 Å². The molecule has 52 heavy (non-hydrogen) atoms. The second kappa shape index (κ2) is 11.7. The van der Waals surface area contributed by atoms with Crippen LogP contribution < -0.4 is 5.32 Å². The van der Waals surface area contributed by atoms with Crippen molar-refractivity contribution >= 4 is 33.5 Å². The van der Waals surface area contributed by atoms with Crippen molar-refractivity contribution in [3.05, 3.63) is 186 Å². The number of aromatic nitrogens is 1. The first kappa shape index (κ1) is 30.3. The number of amidine groups is 2. The van der Waals surface area contributed by atoms with E-state index in [4.69, 9.17) is 19.4 Å². The molecule has 0 saturated carbocycles. The second-order valence-corrected chi connectivity index (χ2v) is 14.1. The van der Waals surface area contributed by atoms with Crippen molar-refractivity contribution in [1.29, 1.82) is 0 Å². The van der Waals surface area contributed by atoms with E-state index >= 15 is 0 Å². The fourth-order valence-corrected chi connectivity index (χ4v) is 7.89. The standard InChI is InChI=1S/C47H34N4O/c1-47(2)38-21-13-12-20-35(38)41-37(45-50-43(30-14-6-3-7-15-30)49-44(51-45)31-16-8-4-9-17-31)27-34(28-39(41)47)33-23-22-29-24-25-40-42(36(29)26-33)52-46(48-40)32-18-10-5-11-19-32/h3-28,45H,1-2H3,(H,49,50,51). The molecule has 0 saturated heterocycles. The quantitative estimate of drug-likeness (QED) is 0.198. The summed E-state index contributed by atoms with van der Waals surface area (Å²) in [4.78, 5) is 15.3. The molecule has 0 spiro atoms. The molecule has 0 bridgehead atoms. The minimum absolute atomic E-state index is 0.215. The van der Waals surface area contributed by atoms with Crippen LogP contribution in [0, 0.1) is 0 Å². The van der Waals surface area contributed by atoms with E-state index in [1.807, 2.05) is 72.8 Å². The molecule has 1 N–H and O–H groups in total. The highest BCUT2D eigenvalue weighted by molar-refractivity contribution is 6.13. The number of benzene rings is 7. The zero-order valence-corrected chi connectivity index (χ0v) is 28.8. The van der Waals surface area contributed by atoms with E-state index in [-0.39, 0.29) is 11.6 Å². The summed E-state index contributed by atoms with van der Waals surface area (Å²) in [5.74, 6) is 2.14. The molecule has 8 aromatic rings. The zero-order valence-electron chi connectivity index (χ0n) is 28.8. The lowest BCUT2D eigenvalue weighted by Crippen LogP contribution is -2.34. The SMILES string of the molecule is CC1(C)c2ccccc2-c2c(C3N=C(c4ccccc4)N=C(c4ccccc4)N3)cc(-c3ccc4ccc5nc(-c6ccccc6)oc5c4c3)cc21. The number of nitrogens with one attached hydrogen (secondary N) is 1. The Morgan fingerprint density at radius 2 is 1.27 bits per heavy atom. The fraction of sp³-hybridized carbons (Fsp3) is 0.0851. The minimum atomic E-state index is -0.381. The fourth-order valence-electron chi connectivity index (χ4n) is 7.89. The summed E-state index contributed by atoms with van der Waals surface area (Å²) in [6.07, 6.45) is -0.381. The van der Waals surface area contributed by atoms with Gasteiger partial charge in [0.05, 0.1) is 0 Å². The summed E-state index contributed by atoms with van der Waals surface area (Å²) in [6.45, 7) is 4.66. The monoisotopic (exact) mass is 670 g/mol. The highest BCUT2D eigenvalue weighted by Crippen LogP contribution is 2.52. The van der Waals surface area contributed by atoms with Crippen LogP contribution in [0.2, 0.25) is 0 Å². The largest absolute Gasteiger partial charge is 0.435 e. The lowest BCUT2D eigenvalue weighted by molar-refractivity contribution is 0.623. The van der Waals surface area contributed by atoms with Gasteiger partial charge < -0.3 is 9.73 Å². The topological polar surface area (TPSA) is 62.8 Å². The molecule has 1 aliphatic heterocycles. The molecule has 1 aliphatic carbocycles. The summed E-state index contributed by atoms with van der Waals surface area (Å²) >= 11 is 0. The molecule has 0 amide bonds. The number of hydrogen-bond acceptors (Lipinski definition) is 5. The third-order valence-corrected chi connectivity index (χ3v) is 10.6. The Morgan fingerprint density at radius 3 is 2.04 bits per heavy atom. The molecule has 0 fully saturated rings. The van der Waals surface area contributed by atoms with E-state index < -0.39 is 0 Å². The maximum absolute atomic E-state index is 6.48. The van der Waals surface area contributed by atoms with Crippen LogP contribution >= 0.6 is 0 Å². The van der Waals surface area contributed by atoms with Gasteiger partial charge in [-0.15, -0.1) is 0 Å². The Morgan fingerprint density at radius 1 is 0.596 bits per heavy atom. The maximum Gasteiger partial charge on any atom is 0.227 e. The number of hydrogen-bond donors (Lipinski definition) is 1. The molecule has 2 aliphatic rings. The number of oxazole rings is 1. The van der Waals surface area contributed by atoms with E-state index in [2.05, 4.69) is 104 Å². The first-order valence-corrected chi connectivity index (χ1v) is 17.7. The summed E-state index contributed by atoms with van der Waals surface area (Å²) in [5.41, 5.74) is 12.8. The van der Waals surface area contributed by atoms with Crippen LogP contribution in [0.4, 0.5) is 0 Å². The number of fused-ring (bicyclic) bond motifs is 6. The van der Waals surface area contributed by atoms with Gasteiger partial charge in [-0.25, -0.2) is 15.0 Å². The molecule has 248 valence electrons. The molecule has 10 rings (SSSR count). The van der Waals surface area contributed by atoms with Gasteiger partial charge in [-0.1, -0.05) is 135 Å². The highest BCUT2D eigenvalue weighted by Gasteiger charge is 2.39. The van der Waals surface area contributed by atoms with Crippen molar-refractivity contribution in [2.75, 3.05) is 0 Å². The highest BCUT2D eigenvalue weighted by atomic mass is 16.3. The Kier molecular flexibility index (Phi) is 6.83. The number of nitrogens with zero attached hydrogens (tertiary/aromatic N) is 3. The smallest absolute Gasteiger partial charge is 0.227 e. The predicted octanol–water partition coefficient (Wildman–Crippen LogP) is 11.1. The Bertz CT molecular complexity index is 2730. The van der Waals surface area contributed by atoms with Gasteiger partial charge in [-0.05, 0) is 75.2 Å². The van der Waals surface area contributed by atoms with E-state index in [0.29, 0.717) is 11.7 Å². The van der Waals surface area contributed by atoms with Gasteiger partial charge in [0.2, 0.25) is 5.89 Å². The van der Waals surface area contributed by atoms with Crippen LogP contribution in [-0.2, 0) is 5.41 Å². The minimum Gasteiger partial charge on any atom is -0.435 e. The third kappa shape index (κ3) is 4.89. The van der Waals surface area contributed by atoms with E-state index in [0.717, 1.165) is 61.1 Å². The van der Waals surface area contributed by atoms with Gasteiger partial charge in [-0.2, -0.15) is 0 Å². The van der Waals surface area contributed by atoms with Crippen LogP contribution in [0.3, 0.4) is 0 Å². The van der Waals surface area contributed by atoms with E-state index in [1.165, 1.54) is 22.3 Å². The van der Waals surface area contributed by atoms with Crippen LogP contribution in [-0.4, -0.2) is 16.7 Å². The summed E-state index contributed by atoms with van der Waals surface area (Å²) in [7, 11) is 0. The Hall–Kier alpha value is -6.59.